The summed E-state index contributed by atoms with van der Waals surface area (Å²) in [5, 5.41) is 3.04. The second-order valence-corrected chi connectivity index (χ2v) is 7.98. The summed E-state index contributed by atoms with van der Waals surface area (Å²) < 4.78 is 10.8. The number of hydrogen-bond acceptors (Lipinski definition) is 4. The highest BCUT2D eigenvalue weighted by molar-refractivity contribution is 5.92. The zero-order valence-corrected chi connectivity index (χ0v) is 16.9. The number of benzene rings is 1. The van der Waals surface area contributed by atoms with Crippen LogP contribution < -0.4 is 10.2 Å². The minimum atomic E-state index is -0.784. The zero-order valence-electron chi connectivity index (χ0n) is 16.9. The highest BCUT2D eigenvalue weighted by atomic mass is 16.5. The highest BCUT2D eigenvalue weighted by Gasteiger charge is 2.22. The van der Waals surface area contributed by atoms with Gasteiger partial charge in [0.1, 0.15) is 19.6 Å². The number of nitrogens with one attached hydrogen (secondary N) is 2. The molecule has 2 aliphatic rings. The molecule has 1 aliphatic carbocycles. The van der Waals surface area contributed by atoms with E-state index in [4.69, 9.17) is 9.47 Å². The molecule has 1 saturated heterocycles. The van der Waals surface area contributed by atoms with Crippen molar-refractivity contribution in [1.29, 1.82) is 0 Å². The van der Waals surface area contributed by atoms with E-state index in [9.17, 15) is 9.59 Å². The summed E-state index contributed by atoms with van der Waals surface area (Å²) in [6.45, 7) is 6.20. The Hall–Kier alpha value is -1.92. The number of carbonyl (C=O) groups excluding carboxylic acids is 2. The Morgan fingerprint density at radius 2 is 1.75 bits per heavy atom. The monoisotopic (exact) mass is 389 g/mol. The first-order valence-electron chi connectivity index (χ1n) is 10.6. The number of rotatable bonds is 6. The van der Waals surface area contributed by atoms with Gasteiger partial charge in [-0.25, -0.2) is 4.79 Å². The molecule has 0 unspecified atom stereocenters. The largest absolute Gasteiger partial charge is 0.449 e. The second-order valence-electron chi connectivity index (χ2n) is 7.98. The van der Waals surface area contributed by atoms with Gasteiger partial charge in [0, 0.05) is 11.6 Å². The average molecular weight is 390 g/mol. The van der Waals surface area contributed by atoms with Gasteiger partial charge in [-0.1, -0.05) is 37.8 Å². The molecule has 6 heteroatoms. The number of ether oxygens (including phenoxy) is 2. The fourth-order valence-corrected chi connectivity index (χ4v) is 3.91. The van der Waals surface area contributed by atoms with E-state index in [0.717, 1.165) is 58.5 Å². The van der Waals surface area contributed by atoms with Crippen LogP contribution in [0.2, 0.25) is 0 Å². The van der Waals surface area contributed by atoms with Crippen LogP contribution >= 0.6 is 0 Å². The predicted octanol–water partition coefficient (Wildman–Crippen LogP) is 1.49. The van der Waals surface area contributed by atoms with E-state index in [1.165, 1.54) is 23.3 Å². The number of hydrogen-bond donors (Lipinski definition) is 2. The fraction of sp³-hybridized carbons (Fsp3) is 0.636. The number of carbonyl (C=O) groups is 2. The van der Waals surface area contributed by atoms with Crippen LogP contribution in [0.5, 0.6) is 0 Å². The Labute approximate surface area is 167 Å². The van der Waals surface area contributed by atoms with Gasteiger partial charge in [0.2, 0.25) is 0 Å². The number of esters is 1. The average Bonchev–Trinajstić information content (AvgIpc) is 2.98. The Bertz CT molecular complexity index is 632. The van der Waals surface area contributed by atoms with Crippen LogP contribution in [-0.2, 0) is 20.8 Å². The number of quaternary nitrogens is 1. The van der Waals surface area contributed by atoms with Crippen molar-refractivity contribution in [3.8, 4) is 0 Å². The Morgan fingerprint density at radius 1 is 1.11 bits per heavy atom. The highest BCUT2D eigenvalue weighted by Crippen LogP contribution is 2.17. The van der Waals surface area contributed by atoms with Crippen molar-refractivity contribution in [2.45, 2.75) is 64.1 Å². The van der Waals surface area contributed by atoms with Crippen LogP contribution in [0.15, 0.2) is 24.3 Å². The molecule has 0 bridgehead atoms. The third-order valence-corrected chi connectivity index (χ3v) is 5.70. The maximum absolute atomic E-state index is 12.4. The molecule has 1 saturated carbocycles. The normalized spacial score (nSPS) is 20.2. The summed E-state index contributed by atoms with van der Waals surface area (Å²) in [5.41, 5.74) is 1.67. The Morgan fingerprint density at radius 3 is 2.39 bits per heavy atom. The molecule has 1 heterocycles. The van der Waals surface area contributed by atoms with Gasteiger partial charge in [-0.05, 0) is 31.9 Å². The molecule has 28 heavy (non-hydrogen) atoms. The molecule has 0 radical (unpaired) electrons. The fourth-order valence-electron chi connectivity index (χ4n) is 3.91. The predicted molar refractivity (Wildman–Crippen MR) is 106 cm³/mol. The summed E-state index contributed by atoms with van der Waals surface area (Å²) in [5.74, 6) is -0.651. The van der Waals surface area contributed by atoms with Crippen molar-refractivity contribution in [2.24, 2.45) is 0 Å². The van der Waals surface area contributed by atoms with E-state index in [0.29, 0.717) is 5.56 Å². The lowest BCUT2D eigenvalue weighted by molar-refractivity contribution is -0.921. The molecule has 1 aromatic rings. The van der Waals surface area contributed by atoms with E-state index >= 15 is 0 Å². The van der Waals surface area contributed by atoms with Crippen molar-refractivity contribution >= 4 is 11.9 Å². The molecular formula is C22H33N2O4+. The molecule has 0 aromatic heterocycles. The van der Waals surface area contributed by atoms with Gasteiger partial charge in [0.05, 0.1) is 18.8 Å². The van der Waals surface area contributed by atoms with Gasteiger partial charge in [-0.15, -0.1) is 0 Å². The van der Waals surface area contributed by atoms with Gasteiger partial charge in [0.15, 0.2) is 6.10 Å². The smallest absolute Gasteiger partial charge is 0.338 e. The van der Waals surface area contributed by atoms with Crippen LogP contribution in [0.25, 0.3) is 0 Å². The van der Waals surface area contributed by atoms with Crippen molar-refractivity contribution in [1.82, 2.24) is 5.32 Å². The van der Waals surface area contributed by atoms with Crippen molar-refractivity contribution in [3.63, 3.8) is 0 Å². The summed E-state index contributed by atoms with van der Waals surface area (Å²) in [4.78, 5) is 26.2. The van der Waals surface area contributed by atoms with Gasteiger partial charge < -0.3 is 19.7 Å². The van der Waals surface area contributed by atoms with E-state index in [1.54, 1.807) is 19.1 Å². The third-order valence-electron chi connectivity index (χ3n) is 5.70. The van der Waals surface area contributed by atoms with Gasteiger partial charge in [-0.3, -0.25) is 4.79 Å². The summed E-state index contributed by atoms with van der Waals surface area (Å²) in [6, 6.07) is 7.71. The molecule has 6 nitrogen and oxygen atoms in total. The summed E-state index contributed by atoms with van der Waals surface area (Å²) >= 11 is 0. The SMILES string of the molecule is C[C@@H](OC(=O)c1ccc(C[NH+]2CCOCC2)cc1)C(=O)NC1CCCCCC1. The van der Waals surface area contributed by atoms with Gasteiger partial charge in [-0.2, -0.15) is 0 Å². The quantitative estimate of drug-likeness (QED) is 0.571. The molecule has 2 N–H and O–H groups in total. The maximum atomic E-state index is 12.4. The molecule has 1 aromatic carbocycles. The first-order valence-corrected chi connectivity index (χ1v) is 10.6. The Kier molecular flexibility index (Phi) is 7.86. The van der Waals surface area contributed by atoms with E-state index in [1.807, 2.05) is 12.1 Å². The molecule has 154 valence electrons. The van der Waals surface area contributed by atoms with Crippen molar-refractivity contribution in [2.75, 3.05) is 26.3 Å². The van der Waals surface area contributed by atoms with Crippen LogP contribution in [0, 0.1) is 0 Å². The van der Waals surface area contributed by atoms with Crippen molar-refractivity contribution < 1.29 is 24.0 Å². The molecular weight excluding hydrogens is 356 g/mol. The van der Waals surface area contributed by atoms with Crippen molar-refractivity contribution in [3.05, 3.63) is 35.4 Å². The van der Waals surface area contributed by atoms with Crippen LogP contribution in [0.4, 0.5) is 0 Å². The topological polar surface area (TPSA) is 69.1 Å². The zero-order chi connectivity index (χ0) is 19.8. The molecule has 2 fully saturated rings. The van der Waals surface area contributed by atoms with Gasteiger partial charge in [0.25, 0.3) is 5.91 Å². The van der Waals surface area contributed by atoms with Gasteiger partial charge >= 0.3 is 5.97 Å². The number of morpholine rings is 1. The standard InChI is InChI=1S/C22H32N2O4/c1-17(21(25)23-20-6-4-2-3-5-7-20)28-22(26)19-10-8-18(9-11-19)16-24-12-14-27-15-13-24/h8-11,17,20H,2-7,12-16H2,1H3,(H,23,25)/p+1/t17-/m1/s1. The number of amides is 1. The van der Waals surface area contributed by atoms with E-state index in [2.05, 4.69) is 5.32 Å². The lowest BCUT2D eigenvalue weighted by atomic mass is 10.1. The van der Waals surface area contributed by atoms with E-state index in [-0.39, 0.29) is 11.9 Å². The minimum absolute atomic E-state index is 0.201. The van der Waals surface area contributed by atoms with E-state index < -0.39 is 12.1 Å². The van der Waals surface area contributed by atoms with Crippen LogP contribution in [-0.4, -0.2) is 50.3 Å². The lowest BCUT2D eigenvalue weighted by Gasteiger charge is -2.23. The molecule has 3 rings (SSSR count). The van der Waals surface area contributed by atoms with Crippen LogP contribution in [0.3, 0.4) is 0 Å². The molecule has 1 amide bonds. The third kappa shape index (κ3) is 6.31. The first-order chi connectivity index (χ1) is 13.6. The Balaban J connectivity index is 1.46. The molecule has 1 atom stereocenters. The molecule has 0 spiro atoms. The minimum Gasteiger partial charge on any atom is -0.449 e. The second kappa shape index (κ2) is 10.6. The first kappa shape index (κ1) is 20.8. The maximum Gasteiger partial charge on any atom is 0.338 e. The summed E-state index contributed by atoms with van der Waals surface area (Å²) in [6.07, 6.45) is 6.01. The van der Waals surface area contributed by atoms with Crippen LogP contribution in [0.1, 0.15) is 61.4 Å². The summed E-state index contributed by atoms with van der Waals surface area (Å²) in [7, 11) is 0. The lowest BCUT2D eigenvalue weighted by Crippen LogP contribution is -3.12. The molecule has 1 aliphatic heterocycles.